The Balaban J connectivity index is 1.43. The van der Waals surface area contributed by atoms with Gasteiger partial charge in [0.2, 0.25) is 0 Å². The zero-order valence-electron chi connectivity index (χ0n) is 12.7. The summed E-state index contributed by atoms with van der Waals surface area (Å²) in [6.45, 7) is 4.40. The topological polar surface area (TPSA) is 29.5 Å². The van der Waals surface area contributed by atoms with Crippen molar-refractivity contribution in [1.82, 2.24) is 4.90 Å². The van der Waals surface area contributed by atoms with E-state index >= 15 is 0 Å². The van der Waals surface area contributed by atoms with E-state index in [1.807, 2.05) is 0 Å². The van der Waals surface area contributed by atoms with Gasteiger partial charge in [0, 0.05) is 13.0 Å². The molecule has 0 N–H and O–H groups in total. The Labute approximate surface area is 127 Å². The molecule has 2 aliphatic rings. The van der Waals surface area contributed by atoms with Crippen molar-refractivity contribution in [3.05, 3.63) is 35.9 Å². The predicted octanol–water partition coefficient (Wildman–Crippen LogP) is 2.55. The number of hydrogen-bond donors (Lipinski definition) is 0. The first-order valence-corrected chi connectivity index (χ1v) is 8.18. The summed E-state index contributed by atoms with van der Waals surface area (Å²) in [5.74, 6) is 1.30. The van der Waals surface area contributed by atoms with Crippen molar-refractivity contribution < 1.29 is 9.53 Å². The number of nitrogens with zero attached hydrogens (tertiary/aromatic N) is 1. The molecule has 1 aromatic carbocycles. The second-order valence-electron chi connectivity index (χ2n) is 6.42. The van der Waals surface area contributed by atoms with Crippen LogP contribution in [-0.4, -0.2) is 43.5 Å². The summed E-state index contributed by atoms with van der Waals surface area (Å²) < 4.78 is 5.45. The van der Waals surface area contributed by atoms with Gasteiger partial charge in [-0.05, 0) is 43.8 Å². The molecule has 0 aromatic heterocycles. The molecule has 2 fully saturated rings. The largest absolute Gasteiger partial charge is 0.380 e. The number of Topliss-reactive ketones (excluding diaryl/α,β-unsaturated/α-hetero) is 1. The maximum absolute atomic E-state index is 11.9. The van der Waals surface area contributed by atoms with Gasteiger partial charge in [0.25, 0.3) is 0 Å². The van der Waals surface area contributed by atoms with Crippen molar-refractivity contribution in [1.29, 1.82) is 0 Å². The van der Waals surface area contributed by atoms with Crippen LogP contribution in [-0.2, 0) is 16.0 Å². The van der Waals surface area contributed by atoms with E-state index in [4.69, 9.17) is 4.74 Å². The molecule has 114 valence electrons. The van der Waals surface area contributed by atoms with Gasteiger partial charge in [-0.2, -0.15) is 0 Å². The molecule has 1 aromatic rings. The first kappa shape index (κ1) is 14.7. The first-order valence-electron chi connectivity index (χ1n) is 8.18. The fraction of sp³-hybridized carbons (Fsp3) is 0.611. The van der Waals surface area contributed by atoms with Crippen molar-refractivity contribution in [3.63, 3.8) is 0 Å². The summed E-state index contributed by atoms with van der Waals surface area (Å²) in [5.41, 5.74) is 1.45. The molecule has 0 spiro atoms. The minimum Gasteiger partial charge on any atom is -0.380 e. The summed E-state index contributed by atoms with van der Waals surface area (Å²) in [4.78, 5) is 14.3. The molecule has 1 atom stereocenters. The molecule has 3 nitrogen and oxygen atoms in total. The molecule has 0 aliphatic carbocycles. The molecule has 2 heterocycles. The van der Waals surface area contributed by atoms with Gasteiger partial charge in [-0.1, -0.05) is 30.3 Å². The van der Waals surface area contributed by atoms with E-state index in [2.05, 4.69) is 35.2 Å². The highest BCUT2D eigenvalue weighted by atomic mass is 16.5. The minimum atomic E-state index is 0.115. The molecular weight excluding hydrogens is 262 g/mol. The van der Waals surface area contributed by atoms with Crippen molar-refractivity contribution in [2.45, 2.75) is 25.7 Å². The van der Waals surface area contributed by atoms with Crippen LogP contribution in [0.25, 0.3) is 0 Å². The molecule has 0 amide bonds. The molecule has 3 rings (SSSR count). The maximum Gasteiger partial charge on any atom is 0.141 e. The smallest absolute Gasteiger partial charge is 0.141 e. The lowest BCUT2D eigenvalue weighted by Gasteiger charge is -2.34. The fourth-order valence-corrected chi connectivity index (χ4v) is 3.48. The lowest BCUT2D eigenvalue weighted by atomic mass is 9.89. The standard InChI is InChI=1S/C18H25NO2/c20-18-8-11-21-14-17(18)13-19-9-6-16(7-10-19)12-15-4-2-1-3-5-15/h1-5,16-17H,6-14H2. The Morgan fingerprint density at radius 3 is 2.62 bits per heavy atom. The maximum atomic E-state index is 11.9. The zero-order valence-corrected chi connectivity index (χ0v) is 12.7. The number of ether oxygens (including phenoxy) is 1. The van der Waals surface area contributed by atoms with E-state index in [1.54, 1.807) is 0 Å². The third-order valence-corrected chi connectivity index (χ3v) is 4.82. The molecule has 3 heteroatoms. The average Bonchev–Trinajstić information content (AvgIpc) is 2.52. The molecule has 0 radical (unpaired) electrons. The highest BCUT2D eigenvalue weighted by Crippen LogP contribution is 2.23. The van der Waals surface area contributed by atoms with Crippen LogP contribution in [0.1, 0.15) is 24.8 Å². The Hall–Kier alpha value is -1.19. The third-order valence-electron chi connectivity index (χ3n) is 4.82. The van der Waals surface area contributed by atoms with Gasteiger partial charge in [-0.3, -0.25) is 4.79 Å². The number of rotatable bonds is 4. The van der Waals surface area contributed by atoms with Crippen molar-refractivity contribution in [3.8, 4) is 0 Å². The Kier molecular flexibility index (Phi) is 5.04. The summed E-state index contributed by atoms with van der Waals surface area (Å²) in [6, 6.07) is 10.8. The molecule has 0 saturated carbocycles. The van der Waals surface area contributed by atoms with Gasteiger partial charge in [0.15, 0.2) is 0 Å². The van der Waals surface area contributed by atoms with E-state index < -0.39 is 0 Å². The van der Waals surface area contributed by atoms with Gasteiger partial charge in [0.05, 0.1) is 19.1 Å². The number of carbonyl (C=O) groups is 1. The van der Waals surface area contributed by atoms with Gasteiger partial charge in [0.1, 0.15) is 5.78 Å². The van der Waals surface area contributed by atoms with Gasteiger partial charge >= 0.3 is 0 Å². The normalized spacial score (nSPS) is 25.1. The predicted molar refractivity (Wildman–Crippen MR) is 83.2 cm³/mol. The Morgan fingerprint density at radius 1 is 1.14 bits per heavy atom. The summed E-state index contributed by atoms with van der Waals surface area (Å²) in [6.07, 6.45) is 4.29. The van der Waals surface area contributed by atoms with Gasteiger partial charge in [-0.15, -0.1) is 0 Å². The van der Waals surface area contributed by atoms with Crippen LogP contribution >= 0.6 is 0 Å². The number of ketones is 1. The monoisotopic (exact) mass is 287 g/mol. The Morgan fingerprint density at radius 2 is 1.90 bits per heavy atom. The number of likely N-dealkylation sites (tertiary alicyclic amines) is 1. The van der Waals surface area contributed by atoms with E-state index in [-0.39, 0.29) is 5.92 Å². The van der Waals surface area contributed by atoms with Crippen LogP contribution < -0.4 is 0 Å². The van der Waals surface area contributed by atoms with Crippen molar-refractivity contribution in [2.24, 2.45) is 11.8 Å². The van der Waals surface area contributed by atoms with Crippen molar-refractivity contribution >= 4 is 5.78 Å². The van der Waals surface area contributed by atoms with Crippen LogP contribution in [0, 0.1) is 11.8 Å². The molecule has 1 unspecified atom stereocenters. The number of piperidine rings is 1. The van der Waals surface area contributed by atoms with Gasteiger partial charge < -0.3 is 9.64 Å². The summed E-state index contributed by atoms with van der Waals surface area (Å²) in [7, 11) is 0. The van der Waals surface area contributed by atoms with E-state index in [9.17, 15) is 4.79 Å². The summed E-state index contributed by atoms with van der Waals surface area (Å²) in [5, 5.41) is 0. The average molecular weight is 287 g/mol. The fourth-order valence-electron chi connectivity index (χ4n) is 3.48. The van der Waals surface area contributed by atoms with Gasteiger partial charge in [-0.25, -0.2) is 0 Å². The van der Waals surface area contributed by atoms with E-state index in [0.717, 1.165) is 25.6 Å². The number of carbonyl (C=O) groups excluding carboxylic acids is 1. The van der Waals surface area contributed by atoms with Crippen LogP contribution in [0.5, 0.6) is 0 Å². The second kappa shape index (κ2) is 7.19. The van der Waals surface area contributed by atoms with Crippen LogP contribution in [0.3, 0.4) is 0 Å². The quantitative estimate of drug-likeness (QED) is 0.852. The Bertz CT molecular complexity index is 452. The summed E-state index contributed by atoms with van der Waals surface area (Å²) >= 11 is 0. The van der Waals surface area contributed by atoms with Crippen molar-refractivity contribution in [2.75, 3.05) is 32.8 Å². The molecule has 2 aliphatic heterocycles. The number of hydrogen-bond acceptors (Lipinski definition) is 3. The molecular formula is C18H25NO2. The molecule has 0 bridgehead atoms. The van der Waals surface area contributed by atoms with E-state index in [0.29, 0.717) is 25.4 Å². The second-order valence-corrected chi connectivity index (χ2v) is 6.42. The zero-order chi connectivity index (χ0) is 14.5. The lowest BCUT2D eigenvalue weighted by Crippen LogP contribution is -2.42. The van der Waals surface area contributed by atoms with Crippen LogP contribution in [0.2, 0.25) is 0 Å². The van der Waals surface area contributed by atoms with Crippen LogP contribution in [0.15, 0.2) is 30.3 Å². The molecule has 2 saturated heterocycles. The van der Waals surface area contributed by atoms with Crippen LogP contribution in [0.4, 0.5) is 0 Å². The van der Waals surface area contributed by atoms with E-state index in [1.165, 1.54) is 24.8 Å². The number of benzene rings is 1. The first-order chi connectivity index (χ1) is 10.3. The SMILES string of the molecule is O=C1CCOCC1CN1CCC(Cc2ccccc2)CC1. The minimum absolute atomic E-state index is 0.115. The highest BCUT2D eigenvalue weighted by Gasteiger charge is 2.27. The lowest BCUT2D eigenvalue weighted by molar-refractivity contribution is -0.131. The highest BCUT2D eigenvalue weighted by molar-refractivity contribution is 5.82. The third kappa shape index (κ3) is 4.14. The molecule has 21 heavy (non-hydrogen) atoms.